The molecule has 0 saturated carbocycles. The highest BCUT2D eigenvalue weighted by atomic mass is 31.1. The molecule has 0 unspecified atom stereocenters. The van der Waals surface area contributed by atoms with E-state index in [1.54, 1.807) is 24.3 Å². The number of hydrogen-bond donors (Lipinski definition) is 1. The SMILES string of the molecule is O=C(Nc1ccccc1)N(C(=O)P(c1ccccc1)c1ccccc1)c1ccccc1. The third-order valence-corrected chi connectivity index (χ3v) is 6.87. The second-order valence-corrected chi connectivity index (χ2v) is 8.84. The summed E-state index contributed by atoms with van der Waals surface area (Å²) in [5.41, 5.74) is 0.900. The molecule has 0 aliphatic carbocycles. The van der Waals surface area contributed by atoms with Crippen molar-refractivity contribution < 1.29 is 9.59 Å². The summed E-state index contributed by atoms with van der Waals surface area (Å²) in [6.07, 6.45) is 0. The lowest BCUT2D eigenvalue weighted by Gasteiger charge is -2.27. The summed E-state index contributed by atoms with van der Waals surface area (Å²) in [6, 6.07) is 36.9. The van der Waals surface area contributed by atoms with Crippen LogP contribution in [0.25, 0.3) is 0 Å². The van der Waals surface area contributed by atoms with Crippen molar-refractivity contribution in [2.24, 2.45) is 0 Å². The van der Waals surface area contributed by atoms with Gasteiger partial charge in [0.15, 0.2) is 0 Å². The quantitative estimate of drug-likeness (QED) is 0.401. The molecule has 3 amide bonds. The standard InChI is InChI=1S/C26H21N2O2P/c29-25(27-21-13-5-1-6-14-21)28(22-15-7-2-8-16-22)26(30)31(23-17-9-3-10-18-23)24-19-11-4-12-20-24/h1-20H,(H,27,29). The van der Waals surface area contributed by atoms with Crippen LogP contribution in [0.15, 0.2) is 121 Å². The Balaban J connectivity index is 1.77. The molecule has 0 bridgehead atoms. The Labute approximate surface area is 182 Å². The van der Waals surface area contributed by atoms with Gasteiger partial charge < -0.3 is 5.32 Å². The van der Waals surface area contributed by atoms with Crippen molar-refractivity contribution in [3.63, 3.8) is 0 Å². The Hall–Kier alpha value is -3.75. The molecule has 31 heavy (non-hydrogen) atoms. The molecule has 0 saturated heterocycles. The van der Waals surface area contributed by atoms with Crippen LogP contribution in [0.3, 0.4) is 0 Å². The summed E-state index contributed by atoms with van der Waals surface area (Å²) < 4.78 is 0. The maximum absolute atomic E-state index is 14.0. The first kappa shape index (κ1) is 20.5. The molecule has 0 atom stereocenters. The van der Waals surface area contributed by atoms with Crippen LogP contribution in [0.1, 0.15) is 0 Å². The van der Waals surface area contributed by atoms with Gasteiger partial charge in [-0.1, -0.05) is 97.1 Å². The Morgan fingerprint density at radius 2 is 1.00 bits per heavy atom. The van der Waals surface area contributed by atoms with Crippen LogP contribution in [0.5, 0.6) is 0 Å². The van der Waals surface area contributed by atoms with E-state index in [1.807, 2.05) is 97.1 Å². The van der Waals surface area contributed by atoms with E-state index in [0.717, 1.165) is 10.6 Å². The average Bonchev–Trinajstić information content (AvgIpc) is 2.82. The number of nitrogens with one attached hydrogen (secondary N) is 1. The van der Waals surface area contributed by atoms with E-state index in [2.05, 4.69) is 5.32 Å². The van der Waals surface area contributed by atoms with Crippen LogP contribution >= 0.6 is 7.92 Å². The van der Waals surface area contributed by atoms with Gasteiger partial charge in [0.05, 0.1) is 13.6 Å². The fourth-order valence-electron chi connectivity index (χ4n) is 3.22. The molecule has 0 radical (unpaired) electrons. The number of urea groups is 1. The molecule has 4 aromatic carbocycles. The number of amides is 3. The lowest BCUT2D eigenvalue weighted by Crippen LogP contribution is -2.41. The molecular formula is C26H21N2O2P. The Morgan fingerprint density at radius 1 is 0.581 bits per heavy atom. The summed E-state index contributed by atoms with van der Waals surface area (Å²) in [5, 5.41) is 4.64. The summed E-state index contributed by atoms with van der Waals surface area (Å²) in [6.45, 7) is 0. The van der Waals surface area contributed by atoms with Crippen LogP contribution in [-0.2, 0) is 0 Å². The molecule has 0 fully saturated rings. The minimum Gasteiger partial charge on any atom is -0.307 e. The first-order chi connectivity index (χ1) is 15.2. The number of carbonyl (C=O) groups excluding carboxylic acids is 2. The molecule has 0 aliphatic heterocycles. The normalized spacial score (nSPS) is 10.5. The van der Waals surface area contributed by atoms with Gasteiger partial charge in [0.1, 0.15) is 0 Å². The fourth-order valence-corrected chi connectivity index (χ4v) is 5.30. The molecule has 4 nitrogen and oxygen atoms in total. The predicted molar refractivity (Wildman–Crippen MR) is 129 cm³/mol. The van der Waals surface area contributed by atoms with E-state index in [4.69, 9.17) is 0 Å². The summed E-state index contributed by atoms with van der Waals surface area (Å²) in [7, 11) is -1.46. The Bertz CT molecular complexity index is 1100. The number of imide groups is 1. The highest BCUT2D eigenvalue weighted by molar-refractivity contribution is 7.88. The first-order valence-corrected chi connectivity index (χ1v) is 11.2. The summed E-state index contributed by atoms with van der Waals surface area (Å²) >= 11 is 0. The van der Waals surface area contributed by atoms with Gasteiger partial charge in [-0.3, -0.25) is 4.79 Å². The van der Waals surface area contributed by atoms with E-state index in [1.165, 1.54) is 4.90 Å². The second-order valence-electron chi connectivity index (χ2n) is 6.76. The molecule has 0 heterocycles. The number of para-hydroxylation sites is 2. The maximum atomic E-state index is 14.0. The van der Waals surface area contributed by atoms with Crippen LogP contribution in [0, 0.1) is 0 Å². The van der Waals surface area contributed by atoms with Crippen molar-refractivity contribution in [3.8, 4) is 0 Å². The molecule has 0 aliphatic rings. The van der Waals surface area contributed by atoms with E-state index < -0.39 is 14.0 Å². The summed E-state index contributed by atoms with van der Waals surface area (Å²) in [4.78, 5) is 28.5. The first-order valence-electron chi connectivity index (χ1n) is 9.89. The third kappa shape index (κ3) is 4.88. The van der Waals surface area contributed by atoms with Gasteiger partial charge in [0.2, 0.25) is 0 Å². The number of hydrogen-bond acceptors (Lipinski definition) is 2. The molecule has 5 heteroatoms. The van der Waals surface area contributed by atoms with Crippen molar-refractivity contribution >= 4 is 41.6 Å². The highest BCUT2D eigenvalue weighted by Gasteiger charge is 2.32. The van der Waals surface area contributed by atoms with Gasteiger partial charge >= 0.3 is 6.03 Å². The van der Waals surface area contributed by atoms with Crippen molar-refractivity contribution in [2.45, 2.75) is 0 Å². The van der Waals surface area contributed by atoms with Gasteiger partial charge in [0, 0.05) is 5.69 Å². The number of rotatable bonds is 5. The average molecular weight is 424 g/mol. The molecule has 0 aromatic heterocycles. The van der Waals surface area contributed by atoms with Gasteiger partial charge in [-0.05, 0) is 34.9 Å². The zero-order valence-corrected chi connectivity index (χ0v) is 17.7. The topological polar surface area (TPSA) is 49.4 Å². The van der Waals surface area contributed by atoms with E-state index in [9.17, 15) is 9.59 Å². The lowest BCUT2D eigenvalue weighted by molar-refractivity contribution is 0.250. The van der Waals surface area contributed by atoms with Crippen LogP contribution in [0.2, 0.25) is 0 Å². The molecule has 1 N–H and O–H groups in total. The molecule has 4 rings (SSSR count). The predicted octanol–water partition coefficient (Wildman–Crippen LogP) is 5.98. The van der Waals surface area contributed by atoms with Crippen molar-refractivity contribution in [3.05, 3.63) is 121 Å². The summed E-state index contributed by atoms with van der Waals surface area (Å²) in [5.74, 6) is 0. The fraction of sp³-hybridized carbons (Fsp3) is 0. The smallest absolute Gasteiger partial charge is 0.307 e. The highest BCUT2D eigenvalue weighted by Crippen LogP contribution is 2.38. The van der Waals surface area contributed by atoms with Crippen LogP contribution < -0.4 is 20.8 Å². The van der Waals surface area contributed by atoms with Crippen molar-refractivity contribution in [2.75, 3.05) is 10.2 Å². The third-order valence-electron chi connectivity index (χ3n) is 4.65. The largest absolute Gasteiger partial charge is 0.333 e. The Kier molecular flexibility index (Phi) is 6.51. The van der Waals surface area contributed by atoms with Gasteiger partial charge in [-0.25, -0.2) is 9.69 Å². The lowest BCUT2D eigenvalue weighted by atomic mass is 10.3. The number of anilines is 2. The van der Waals surface area contributed by atoms with E-state index >= 15 is 0 Å². The van der Waals surface area contributed by atoms with Crippen molar-refractivity contribution in [1.29, 1.82) is 0 Å². The van der Waals surface area contributed by atoms with Gasteiger partial charge in [0.25, 0.3) is 5.65 Å². The zero-order chi connectivity index (χ0) is 21.5. The molecule has 0 spiro atoms. The second kappa shape index (κ2) is 9.84. The molecule has 152 valence electrons. The van der Waals surface area contributed by atoms with E-state index in [0.29, 0.717) is 11.4 Å². The zero-order valence-electron chi connectivity index (χ0n) is 16.8. The number of nitrogens with zero attached hydrogens (tertiary/aromatic N) is 1. The van der Waals surface area contributed by atoms with Crippen LogP contribution in [-0.4, -0.2) is 11.7 Å². The minimum absolute atomic E-state index is 0.257. The van der Waals surface area contributed by atoms with E-state index in [-0.39, 0.29) is 5.65 Å². The van der Waals surface area contributed by atoms with Crippen LogP contribution in [0.4, 0.5) is 21.0 Å². The molecule has 4 aromatic rings. The maximum Gasteiger partial charge on any atom is 0.333 e. The minimum atomic E-state index is -1.46. The number of carbonyl (C=O) groups is 2. The van der Waals surface area contributed by atoms with Gasteiger partial charge in [-0.2, -0.15) is 0 Å². The Morgan fingerprint density at radius 3 is 1.48 bits per heavy atom. The monoisotopic (exact) mass is 424 g/mol. The van der Waals surface area contributed by atoms with Crippen molar-refractivity contribution in [1.82, 2.24) is 0 Å². The number of benzene rings is 4. The molecular weight excluding hydrogens is 403 g/mol. The van der Waals surface area contributed by atoms with Gasteiger partial charge in [-0.15, -0.1) is 0 Å².